The second-order valence-electron chi connectivity index (χ2n) is 7.04. The Morgan fingerprint density at radius 3 is 2.53 bits per heavy atom. The molecule has 1 fully saturated rings. The third-order valence-electron chi connectivity index (χ3n) is 5.18. The Morgan fingerprint density at radius 2 is 1.97 bits per heavy atom. The lowest BCUT2D eigenvalue weighted by molar-refractivity contribution is -0.136. The first kappa shape index (κ1) is 24.1. The highest BCUT2D eigenvalue weighted by molar-refractivity contribution is 5.88. The summed E-state index contributed by atoms with van der Waals surface area (Å²) in [6, 6.07) is 5.56. The van der Waals surface area contributed by atoms with Crippen molar-refractivity contribution in [3.05, 3.63) is 59.3 Å². The molecule has 0 radical (unpaired) electrons. The second kappa shape index (κ2) is 10.7. The lowest BCUT2D eigenvalue weighted by atomic mass is 9.91. The van der Waals surface area contributed by atoms with Gasteiger partial charge in [-0.1, -0.05) is 50.6 Å². The van der Waals surface area contributed by atoms with Crippen LogP contribution in [0, 0.1) is 0 Å². The Kier molecular flexibility index (Phi) is 8.62. The van der Waals surface area contributed by atoms with Crippen LogP contribution in [0.3, 0.4) is 0 Å². The summed E-state index contributed by atoms with van der Waals surface area (Å²) in [6.45, 7) is 8.45. The molecule has 164 valence electrons. The summed E-state index contributed by atoms with van der Waals surface area (Å²) in [6.07, 6.45) is 2.80. The lowest BCUT2D eigenvalue weighted by Crippen LogP contribution is -2.38. The van der Waals surface area contributed by atoms with Crippen LogP contribution in [-0.4, -0.2) is 22.7 Å². The molecule has 3 nitrogen and oxygen atoms in total. The van der Waals surface area contributed by atoms with Crippen LogP contribution in [0.4, 0.5) is 13.2 Å². The van der Waals surface area contributed by atoms with E-state index < -0.39 is 17.8 Å². The predicted molar refractivity (Wildman–Crippen MR) is 117 cm³/mol. The third kappa shape index (κ3) is 5.29. The van der Waals surface area contributed by atoms with Gasteiger partial charge in [0, 0.05) is 11.4 Å². The van der Waals surface area contributed by atoms with Crippen molar-refractivity contribution in [3.63, 3.8) is 0 Å². The van der Waals surface area contributed by atoms with Crippen molar-refractivity contribution in [1.82, 2.24) is 10.3 Å². The van der Waals surface area contributed by atoms with Crippen LogP contribution in [-0.2, 0) is 6.18 Å². The van der Waals surface area contributed by atoms with Crippen molar-refractivity contribution in [2.24, 2.45) is 0 Å². The van der Waals surface area contributed by atoms with E-state index in [1.165, 1.54) is 6.07 Å². The molecule has 30 heavy (non-hydrogen) atoms. The lowest BCUT2D eigenvalue weighted by Gasteiger charge is -2.29. The van der Waals surface area contributed by atoms with E-state index in [1.807, 2.05) is 33.8 Å². The number of para-hydroxylation sites is 1. The van der Waals surface area contributed by atoms with Gasteiger partial charge in [-0.3, -0.25) is 0 Å². The smallest absolute Gasteiger partial charge is 0.387 e. The van der Waals surface area contributed by atoms with Crippen molar-refractivity contribution in [2.45, 2.75) is 65.3 Å². The number of aliphatic hydroxyl groups is 1. The third-order valence-corrected chi connectivity index (χ3v) is 5.18. The van der Waals surface area contributed by atoms with Gasteiger partial charge in [-0.15, -0.1) is 0 Å². The van der Waals surface area contributed by atoms with Crippen LogP contribution in [0.15, 0.2) is 42.5 Å². The van der Waals surface area contributed by atoms with Gasteiger partial charge < -0.3 is 10.4 Å². The molecule has 1 aliphatic heterocycles. The minimum atomic E-state index is -4.52. The largest absolute Gasteiger partial charge is 0.418 e. The number of halogens is 3. The zero-order chi connectivity index (χ0) is 22.3. The Bertz CT molecular complexity index is 897. The minimum absolute atomic E-state index is 0.124. The van der Waals surface area contributed by atoms with Crippen molar-refractivity contribution < 1.29 is 18.3 Å². The summed E-state index contributed by atoms with van der Waals surface area (Å²) >= 11 is 0. The van der Waals surface area contributed by atoms with Gasteiger partial charge in [0.2, 0.25) is 0 Å². The number of piperidine rings is 1. The molecule has 1 saturated heterocycles. The monoisotopic (exact) mass is 420 g/mol. The predicted octanol–water partition coefficient (Wildman–Crippen LogP) is 6.43. The van der Waals surface area contributed by atoms with Gasteiger partial charge >= 0.3 is 6.18 Å². The molecule has 1 aromatic heterocycles. The van der Waals surface area contributed by atoms with Crippen LogP contribution in [0.25, 0.3) is 16.5 Å². The van der Waals surface area contributed by atoms with Crippen LogP contribution < -0.4 is 5.32 Å². The number of hydrogen-bond donors (Lipinski definition) is 2. The first-order valence-electron chi connectivity index (χ1n) is 10.6. The van der Waals surface area contributed by atoms with Crippen LogP contribution in [0.2, 0.25) is 0 Å². The van der Waals surface area contributed by atoms with Crippen molar-refractivity contribution in [2.75, 3.05) is 6.54 Å². The highest BCUT2D eigenvalue weighted by atomic mass is 19.4. The maximum atomic E-state index is 13.6. The molecule has 1 aliphatic rings. The first-order chi connectivity index (χ1) is 14.4. The summed E-state index contributed by atoms with van der Waals surface area (Å²) in [7, 11) is 0. The van der Waals surface area contributed by atoms with Gasteiger partial charge in [0.1, 0.15) is 0 Å². The standard InChI is InChI=1S/C22H25F3N2O.C2H6/c1-3-8-14(4-2)19-13-16(21(28)18-11-5-6-12-26-18)15-9-7-10-17(20(15)27-19)22(23,24)25;1-2/h3-4,7-10,13,18,21,26,28H,5-6,11-12H2,1-2H3;1-2H3/b8-3-,14-4+;. The molecule has 0 aliphatic carbocycles. The molecule has 2 heterocycles. The fourth-order valence-corrected chi connectivity index (χ4v) is 3.77. The van der Waals surface area contributed by atoms with E-state index in [-0.39, 0.29) is 11.6 Å². The van der Waals surface area contributed by atoms with Crippen molar-refractivity contribution in [1.29, 1.82) is 0 Å². The number of aliphatic hydroxyl groups excluding tert-OH is 1. The molecular weight excluding hydrogens is 389 g/mol. The summed E-state index contributed by atoms with van der Waals surface area (Å²) in [5.41, 5.74) is 0.712. The Labute approximate surface area is 176 Å². The average Bonchev–Trinajstić information content (AvgIpc) is 2.77. The van der Waals surface area contributed by atoms with E-state index in [0.29, 0.717) is 22.2 Å². The zero-order valence-electron chi connectivity index (χ0n) is 18.1. The van der Waals surface area contributed by atoms with Gasteiger partial charge in [0.15, 0.2) is 0 Å². The van der Waals surface area contributed by atoms with Gasteiger partial charge in [-0.25, -0.2) is 4.98 Å². The summed E-state index contributed by atoms with van der Waals surface area (Å²) < 4.78 is 40.9. The summed E-state index contributed by atoms with van der Waals surface area (Å²) in [4.78, 5) is 4.35. The number of fused-ring (bicyclic) bond motifs is 1. The molecule has 0 spiro atoms. The molecule has 2 N–H and O–H groups in total. The molecule has 0 saturated carbocycles. The molecular formula is C24H31F3N2O. The molecule has 6 heteroatoms. The first-order valence-corrected chi connectivity index (χ1v) is 10.6. The molecule has 0 amide bonds. The summed E-state index contributed by atoms with van der Waals surface area (Å²) in [5, 5.41) is 14.7. The number of nitrogens with one attached hydrogen (secondary N) is 1. The number of allylic oxidation sites excluding steroid dienone is 4. The Balaban J connectivity index is 0.00000155. The molecule has 1 aromatic carbocycles. The molecule has 2 atom stereocenters. The number of rotatable bonds is 4. The number of hydrogen-bond acceptors (Lipinski definition) is 3. The minimum Gasteiger partial charge on any atom is -0.387 e. The number of nitrogens with zero attached hydrogens (tertiary/aromatic N) is 1. The average molecular weight is 421 g/mol. The maximum Gasteiger partial charge on any atom is 0.418 e. The maximum absolute atomic E-state index is 13.6. The molecule has 2 unspecified atom stereocenters. The zero-order valence-corrected chi connectivity index (χ0v) is 18.1. The normalized spacial score (nSPS) is 18.9. The van der Waals surface area contributed by atoms with Gasteiger partial charge in [0.05, 0.1) is 22.9 Å². The van der Waals surface area contributed by atoms with E-state index in [0.717, 1.165) is 31.9 Å². The van der Waals surface area contributed by atoms with Crippen molar-refractivity contribution >= 4 is 16.5 Å². The van der Waals surface area contributed by atoms with E-state index >= 15 is 0 Å². The fraction of sp³-hybridized carbons (Fsp3) is 0.458. The van der Waals surface area contributed by atoms with Crippen LogP contribution in [0.5, 0.6) is 0 Å². The molecule has 3 rings (SSSR count). The Hall–Kier alpha value is -2.18. The summed E-state index contributed by atoms with van der Waals surface area (Å²) in [5.74, 6) is 0. The molecule has 2 aromatic rings. The quantitative estimate of drug-likeness (QED) is 0.560. The van der Waals surface area contributed by atoms with Crippen LogP contribution in [0.1, 0.15) is 69.9 Å². The highest BCUT2D eigenvalue weighted by Gasteiger charge is 2.34. The molecule has 0 bridgehead atoms. The van der Waals surface area contributed by atoms with Gasteiger partial charge in [-0.05, 0) is 56.5 Å². The number of pyridine rings is 1. The Morgan fingerprint density at radius 1 is 1.23 bits per heavy atom. The van der Waals surface area contributed by atoms with E-state index in [4.69, 9.17) is 0 Å². The van der Waals surface area contributed by atoms with Gasteiger partial charge in [-0.2, -0.15) is 13.2 Å². The highest BCUT2D eigenvalue weighted by Crippen LogP contribution is 2.38. The number of aromatic nitrogens is 1. The van der Waals surface area contributed by atoms with E-state index in [2.05, 4.69) is 10.3 Å². The van der Waals surface area contributed by atoms with E-state index in [1.54, 1.807) is 24.3 Å². The second-order valence-corrected chi connectivity index (χ2v) is 7.04. The van der Waals surface area contributed by atoms with E-state index in [9.17, 15) is 18.3 Å². The number of benzene rings is 1. The fourth-order valence-electron chi connectivity index (χ4n) is 3.77. The topological polar surface area (TPSA) is 45.1 Å². The van der Waals surface area contributed by atoms with Crippen molar-refractivity contribution in [3.8, 4) is 0 Å². The SMILES string of the molecule is C/C=C\C(=C/C)c1cc(C(O)C2CCCCN2)c2cccc(C(F)(F)F)c2n1.CC. The van der Waals surface area contributed by atoms with Gasteiger partial charge in [0.25, 0.3) is 0 Å². The van der Waals surface area contributed by atoms with Crippen LogP contribution >= 0.6 is 0 Å². The number of alkyl halides is 3.